The second kappa shape index (κ2) is 8.06. The van der Waals surface area contributed by atoms with Crippen molar-refractivity contribution in [3.05, 3.63) is 71.8 Å². The lowest BCUT2D eigenvalue weighted by Crippen LogP contribution is -2.63. The van der Waals surface area contributed by atoms with Crippen molar-refractivity contribution < 1.29 is 22.8 Å². The van der Waals surface area contributed by atoms with Crippen LogP contribution in [-0.2, 0) is 16.0 Å². The van der Waals surface area contributed by atoms with E-state index in [1.165, 1.54) is 6.92 Å². The van der Waals surface area contributed by atoms with Crippen molar-refractivity contribution in [3.8, 4) is 0 Å². The summed E-state index contributed by atoms with van der Waals surface area (Å²) < 4.78 is 42.1. The Hall–Kier alpha value is -3.16. The van der Waals surface area contributed by atoms with Crippen LogP contribution >= 0.6 is 0 Å². The molecular weight excluding hydrogens is 383 g/mol. The van der Waals surface area contributed by atoms with Crippen molar-refractivity contribution in [1.29, 1.82) is 0 Å². The average Bonchev–Trinajstić information content (AvgIpc) is 3.00. The second-order valence-corrected chi connectivity index (χ2v) is 6.60. The predicted octanol–water partition coefficient (Wildman–Crippen LogP) is 3.30. The molecule has 2 aromatic carbocycles. The molecule has 3 rings (SSSR count). The number of nitrogens with zero attached hydrogens (tertiary/aromatic N) is 2. The van der Waals surface area contributed by atoms with Crippen LogP contribution in [0.1, 0.15) is 24.5 Å². The number of hydrogen-bond acceptors (Lipinski definition) is 3. The number of halogens is 3. The number of aliphatic imine (C=N–C) groups is 1. The fraction of sp³-hybridized carbons (Fsp3) is 0.286. The Balaban J connectivity index is 2.03. The molecule has 5 nitrogen and oxygen atoms in total. The fourth-order valence-corrected chi connectivity index (χ4v) is 3.09. The van der Waals surface area contributed by atoms with Gasteiger partial charge in [-0.05, 0) is 12.0 Å². The van der Waals surface area contributed by atoms with E-state index in [4.69, 9.17) is 0 Å². The zero-order valence-electron chi connectivity index (χ0n) is 15.7. The van der Waals surface area contributed by atoms with Crippen LogP contribution in [0, 0.1) is 0 Å². The number of amides is 2. The summed E-state index contributed by atoms with van der Waals surface area (Å²) in [7, 11) is 0. The van der Waals surface area contributed by atoms with Gasteiger partial charge >= 0.3 is 11.8 Å². The zero-order chi connectivity index (χ0) is 21.1. The van der Waals surface area contributed by atoms with Crippen LogP contribution in [0.2, 0.25) is 0 Å². The number of alkyl halides is 3. The molecule has 1 aliphatic heterocycles. The van der Waals surface area contributed by atoms with E-state index < -0.39 is 23.7 Å². The van der Waals surface area contributed by atoms with Crippen LogP contribution in [0.3, 0.4) is 0 Å². The van der Waals surface area contributed by atoms with Crippen LogP contribution < -0.4 is 5.32 Å². The van der Waals surface area contributed by atoms with Crippen molar-refractivity contribution in [2.75, 3.05) is 6.54 Å². The van der Waals surface area contributed by atoms with Gasteiger partial charge in [0.15, 0.2) is 0 Å². The lowest BCUT2D eigenvalue weighted by molar-refractivity contribution is -0.200. The Kier molecular flexibility index (Phi) is 5.72. The minimum atomic E-state index is -5.09. The van der Waals surface area contributed by atoms with Gasteiger partial charge in [-0.1, -0.05) is 67.6 Å². The Labute approximate surface area is 166 Å². The largest absolute Gasteiger partial charge is 0.442 e. The minimum absolute atomic E-state index is 0.00357. The molecule has 1 atom stereocenters. The highest BCUT2D eigenvalue weighted by Crippen LogP contribution is 2.38. The molecule has 0 unspecified atom stereocenters. The molecule has 0 fully saturated rings. The third kappa shape index (κ3) is 4.01. The molecule has 0 bridgehead atoms. The summed E-state index contributed by atoms with van der Waals surface area (Å²) >= 11 is 0. The van der Waals surface area contributed by atoms with Gasteiger partial charge < -0.3 is 5.32 Å². The topological polar surface area (TPSA) is 61.8 Å². The van der Waals surface area contributed by atoms with E-state index in [9.17, 15) is 22.8 Å². The second-order valence-electron chi connectivity index (χ2n) is 6.60. The Bertz CT molecular complexity index is 914. The van der Waals surface area contributed by atoms with Crippen LogP contribution in [0.4, 0.5) is 13.2 Å². The van der Waals surface area contributed by atoms with Crippen molar-refractivity contribution >= 4 is 17.6 Å². The molecule has 152 valence electrons. The average molecular weight is 403 g/mol. The van der Waals surface area contributed by atoms with Gasteiger partial charge in [0.2, 0.25) is 5.91 Å². The molecule has 1 N–H and O–H groups in total. The highest BCUT2D eigenvalue weighted by Gasteiger charge is 2.67. The maximum atomic E-state index is 14.0. The van der Waals surface area contributed by atoms with Gasteiger partial charge in [0, 0.05) is 18.5 Å². The smallest absolute Gasteiger partial charge is 0.316 e. The summed E-state index contributed by atoms with van der Waals surface area (Å²) in [5.74, 6) is -2.32. The maximum Gasteiger partial charge on any atom is 0.442 e. The molecule has 0 aromatic heterocycles. The van der Waals surface area contributed by atoms with Gasteiger partial charge in [-0.15, -0.1) is 0 Å². The van der Waals surface area contributed by atoms with E-state index in [1.54, 1.807) is 30.3 Å². The Morgan fingerprint density at radius 1 is 1.07 bits per heavy atom. The van der Waals surface area contributed by atoms with Crippen LogP contribution in [0.15, 0.2) is 65.7 Å². The van der Waals surface area contributed by atoms with Gasteiger partial charge in [-0.2, -0.15) is 13.2 Å². The highest BCUT2D eigenvalue weighted by molar-refractivity contribution is 6.16. The van der Waals surface area contributed by atoms with Gasteiger partial charge in [-0.25, -0.2) is 4.99 Å². The van der Waals surface area contributed by atoms with Gasteiger partial charge in [-0.3, -0.25) is 14.5 Å². The van der Waals surface area contributed by atoms with E-state index in [1.807, 2.05) is 35.6 Å². The number of rotatable bonds is 6. The first-order valence-corrected chi connectivity index (χ1v) is 9.17. The lowest BCUT2D eigenvalue weighted by atomic mass is 10.1. The van der Waals surface area contributed by atoms with Crippen molar-refractivity contribution in [2.45, 2.75) is 31.6 Å². The predicted molar refractivity (Wildman–Crippen MR) is 102 cm³/mol. The number of amidine groups is 1. The molecule has 8 heteroatoms. The molecule has 2 amide bonds. The summed E-state index contributed by atoms with van der Waals surface area (Å²) in [6, 6.07) is 17.3. The summed E-state index contributed by atoms with van der Waals surface area (Å²) in [5, 5.41) is 1.82. The molecule has 0 aliphatic carbocycles. The Morgan fingerprint density at radius 2 is 1.66 bits per heavy atom. The first kappa shape index (κ1) is 20.6. The summed E-state index contributed by atoms with van der Waals surface area (Å²) in [6.07, 6.45) is -4.95. The van der Waals surface area contributed by atoms with Gasteiger partial charge in [0.05, 0.1) is 0 Å². The fourth-order valence-electron chi connectivity index (χ4n) is 3.09. The minimum Gasteiger partial charge on any atom is -0.316 e. The van der Waals surface area contributed by atoms with Crippen LogP contribution in [0.5, 0.6) is 0 Å². The molecule has 0 radical (unpaired) electrons. The van der Waals surface area contributed by atoms with Crippen molar-refractivity contribution in [1.82, 2.24) is 10.2 Å². The molecule has 1 heterocycles. The van der Waals surface area contributed by atoms with Gasteiger partial charge in [0.25, 0.3) is 5.91 Å². The standard InChI is InChI=1S/C21H20F3N3O2/c1-2-17(28)25-20(21(22,23)24)19(29)27(14-13-15-9-5-3-6-10-15)18(26-20)16-11-7-4-8-12-16/h3-12H,2,13-14H2,1H3,(H,25,28)/t20-/m0/s1. The zero-order valence-corrected chi connectivity index (χ0v) is 15.7. The molecule has 1 aliphatic rings. The van der Waals surface area contributed by atoms with E-state index in [0.717, 1.165) is 10.5 Å². The quantitative estimate of drug-likeness (QED) is 0.805. The number of hydrogen-bond donors (Lipinski definition) is 1. The van der Waals surface area contributed by atoms with Crippen molar-refractivity contribution in [3.63, 3.8) is 0 Å². The monoisotopic (exact) mass is 403 g/mol. The maximum absolute atomic E-state index is 14.0. The highest BCUT2D eigenvalue weighted by atomic mass is 19.4. The normalized spacial score (nSPS) is 19.2. The van der Waals surface area contributed by atoms with Crippen molar-refractivity contribution in [2.24, 2.45) is 4.99 Å². The number of nitrogens with one attached hydrogen (secondary N) is 1. The number of carbonyl (C=O) groups excluding carboxylic acids is 2. The molecule has 0 saturated heterocycles. The van der Waals surface area contributed by atoms with E-state index in [-0.39, 0.29) is 18.8 Å². The first-order chi connectivity index (χ1) is 13.8. The summed E-state index contributed by atoms with van der Waals surface area (Å²) in [4.78, 5) is 29.6. The summed E-state index contributed by atoms with van der Waals surface area (Å²) in [6.45, 7) is 1.41. The van der Waals surface area contributed by atoms with E-state index in [0.29, 0.717) is 12.0 Å². The van der Waals surface area contributed by atoms with E-state index >= 15 is 0 Å². The Morgan fingerprint density at radius 3 is 2.21 bits per heavy atom. The molecule has 0 spiro atoms. The third-order valence-electron chi connectivity index (χ3n) is 4.63. The number of benzene rings is 2. The molecule has 0 saturated carbocycles. The van der Waals surface area contributed by atoms with Gasteiger partial charge in [0.1, 0.15) is 5.84 Å². The number of carbonyl (C=O) groups is 2. The molecule has 2 aromatic rings. The molecule has 29 heavy (non-hydrogen) atoms. The van der Waals surface area contributed by atoms with Crippen LogP contribution in [-0.4, -0.2) is 40.9 Å². The summed E-state index contributed by atoms with van der Waals surface area (Å²) in [5.41, 5.74) is -2.08. The lowest BCUT2D eigenvalue weighted by Gasteiger charge is -2.29. The first-order valence-electron chi connectivity index (χ1n) is 9.17. The van der Waals surface area contributed by atoms with Crippen LogP contribution in [0.25, 0.3) is 0 Å². The third-order valence-corrected chi connectivity index (χ3v) is 4.63. The molecular formula is C21H20F3N3O2. The SMILES string of the molecule is CCC(=O)N[C@]1(C(F)(F)F)N=C(c2ccccc2)N(CCc2ccccc2)C1=O. The van der Waals surface area contributed by atoms with E-state index in [2.05, 4.69) is 4.99 Å².